The van der Waals surface area contributed by atoms with Gasteiger partial charge >= 0.3 is 0 Å². The second kappa shape index (κ2) is 10.1. The Hall–Kier alpha value is -3.31. The molecule has 4 nitrogen and oxygen atoms in total. The van der Waals surface area contributed by atoms with Crippen molar-refractivity contribution in [3.05, 3.63) is 101 Å². The number of carbonyl (C=O) groups excluding carboxylic acids is 1. The van der Waals surface area contributed by atoms with E-state index in [1.165, 1.54) is 12.1 Å². The molecule has 0 amide bonds. The Balaban J connectivity index is 1.94. The minimum atomic E-state index is -0.445. The molecule has 0 fully saturated rings. The van der Waals surface area contributed by atoms with Gasteiger partial charge in [-0.1, -0.05) is 41.9 Å². The summed E-state index contributed by atoms with van der Waals surface area (Å²) in [4.78, 5) is 16.3. The van der Waals surface area contributed by atoms with Crippen LogP contribution >= 0.6 is 11.6 Å². The molecule has 0 aliphatic carbocycles. The highest BCUT2D eigenvalue weighted by Crippen LogP contribution is 2.32. The summed E-state index contributed by atoms with van der Waals surface area (Å²) >= 11 is 5.87. The van der Waals surface area contributed by atoms with Crippen molar-refractivity contribution in [2.24, 2.45) is 0 Å². The molecule has 31 heavy (non-hydrogen) atoms. The highest BCUT2D eigenvalue weighted by Gasteiger charge is 2.16. The molecule has 3 aromatic carbocycles. The van der Waals surface area contributed by atoms with E-state index in [2.05, 4.69) is 0 Å². The molecule has 0 aliphatic heterocycles. The number of benzene rings is 3. The monoisotopic (exact) mass is 438 g/mol. The summed E-state index contributed by atoms with van der Waals surface area (Å²) in [6, 6.07) is 19.4. The van der Waals surface area contributed by atoms with E-state index in [1.807, 2.05) is 44.4 Å². The highest BCUT2D eigenvalue weighted by molar-refractivity contribution is 6.30. The lowest BCUT2D eigenvalue weighted by Crippen LogP contribution is -2.13. The molecule has 3 aromatic rings. The number of hydrogen-bond acceptors (Lipinski definition) is 4. The van der Waals surface area contributed by atoms with Crippen molar-refractivity contribution in [3.63, 3.8) is 0 Å². The zero-order valence-corrected chi connectivity index (χ0v) is 18.4. The average Bonchev–Trinajstić information content (AvgIpc) is 2.76. The van der Waals surface area contributed by atoms with Gasteiger partial charge < -0.3 is 14.5 Å². The lowest BCUT2D eigenvalue weighted by atomic mass is 10.1. The molecule has 0 unspecified atom stereocenters. The van der Waals surface area contributed by atoms with Crippen molar-refractivity contribution in [2.75, 3.05) is 26.0 Å². The number of carbonyl (C=O) groups is 1. The smallest absolute Gasteiger partial charge is 0.191 e. The Morgan fingerprint density at radius 3 is 2.45 bits per heavy atom. The number of halogens is 2. The van der Waals surface area contributed by atoms with Gasteiger partial charge in [0, 0.05) is 44.1 Å². The van der Waals surface area contributed by atoms with Gasteiger partial charge in [0.1, 0.15) is 18.2 Å². The lowest BCUT2D eigenvalue weighted by molar-refractivity contribution is 0.104. The van der Waals surface area contributed by atoms with Crippen LogP contribution in [0.5, 0.6) is 5.75 Å². The van der Waals surface area contributed by atoms with E-state index in [0.717, 1.165) is 5.56 Å². The third-order valence-electron chi connectivity index (χ3n) is 4.65. The number of allylic oxidation sites excluding steroid dienone is 1. The number of rotatable bonds is 8. The van der Waals surface area contributed by atoms with E-state index in [4.69, 9.17) is 16.3 Å². The van der Waals surface area contributed by atoms with Crippen LogP contribution in [0.25, 0.3) is 0 Å². The molecule has 0 saturated heterocycles. The number of hydrogen-bond donors (Lipinski definition) is 0. The molecular weight excluding hydrogens is 415 g/mol. The van der Waals surface area contributed by atoms with Crippen LogP contribution in [-0.2, 0) is 6.61 Å². The molecule has 0 heterocycles. The van der Waals surface area contributed by atoms with Gasteiger partial charge in [-0.05, 0) is 42.0 Å². The summed E-state index contributed by atoms with van der Waals surface area (Å²) in [6.07, 6.45) is 3.16. The van der Waals surface area contributed by atoms with Crippen LogP contribution in [0.1, 0.15) is 15.9 Å². The quantitative estimate of drug-likeness (QED) is 0.315. The van der Waals surface area contributed by atoms with Crippen molar-refractivity contribution in [1.82, 2.24) is 4.90 Å². The van der Waals surface area contributed by atoms with Crippen molar-refractivity contribution < 1.29 is 13.9 Å². The molecule has 3 rings (SSSR count). The maximum Gasteiger partial charge on any atom is 0.191 e. The van der Waals surface area contributed by atoms with Crippen molar-refractivity contribution in [1.29, 1.82) is 0 Å². The second-order valence-electron chi connectivity index (χ2n) is 7.25. The summed E-state index contributed by atoms with van der Waals surface area (Å²) in [5.74, 6) is -0.186. The van der Waals surface area contributed by atoms with Crippen LogP contribution in [0.2, 0.25) is 5.02 Å². The first kappa shape index (κ1) is 22.4. The Bertz CT molecular complexity index is 1080. The fourth-order valence-electron chi connectivity index (χ4n) is 2.98. The number of nitrogens with zero attached hydrogens (tertiary/aromatic N) is 2. The summed E-state index contributed by atoms with van der Waals surface area (Å²) in [6.45, 7) is 0.333. The second-order valence-corrected chi connectivity index (χ2v) is 7.69. The summed E-state index contributed by atoms with van der Waals surface area (Å²) in [5, 5.41) is 0.323. The maximum absolute atomic E-state index is 14.4. The van der Waals surface area contributed by atoms with Gasteiger partial charge in [-0.3, -0.25) is 4.79 Å². The van der Waals surface area contributed by atoms with Gasteiger partial charge in [-0.25, -0.2) is 4.39 Å². The van der Waals surface area contributed by atoms with Crippen LogP contribution in [-0.4, -0.2) is 31.8 Å². The largest absolute Gasteiger partial charge is 0.488 e. The molecule has 160 valence electrons. The van der Waals surface area contributed by atoms with Crippen LogP contribution in [0.3, 0.4) is 0 Å². The Labute approximate surface area is 187 Å². The molecule has 0 bridgehead atoms. The zero-order chi connectivity index (χ0) is 22.4. The fraction of sp³-hybridized carbons (Fsp3) is 0.160. The normalized spacial score (nSPS) is 10.9. The Morgan fingerprint density at radius 2 is 1.77 bits per heavy atom. The first-order valence-corrected chi connectivity index (χ1v) is 10.1. The third-order valence-corrected chi connectivity index (χ3v) is 4.88. The van der Waals surface area contributed by atoms with E-state index in [1.54, 1.807) is 53.4 Å². The Kier molecular flexibility index (Phi) is 7.32. The molecule has 0 aliphatic rings. The van der Waals surface area contributed by atoms with Crippen molar-refractivity contribution >= 4 is 28.8 Å². The summed E-state index contributed by atoms with van der Waals surface area (Å²) < 4.78 is 20.4. The zero-order valence-electron chi connectivity index (χ0n) is 17.7. The third kappa shape index (κ3) is 5.86. The number of ether oxygens (including phenoxy) is 1. The first-order valence-electron chi connectivity index (χ1n) is 9.73. The fourth-order valence-corrected chi connectivity index (χ4v) is 3.14. The minimum absolute atomic E-state index is 0.205. The van der Waals surface area contributed by atoms with Crippen molar-refractivity contribution in [2.45, 2.75) is 6.61 Å². The molecule has 0 radical (unpaired) electrons. The van der Waals surface area contributed by atoms with Crippen LogP contribution < -0.4 is 9.64 Å². The molecule has 0 spiro atoms. The molecule has 0 atom stereocenters. The van der Waals surface area contributed by atoms with E-state index < -0.39 is 5.82 Å². The van der Waals surface area contributed by atoms with Crippen LogP contribution in [0, 0.1) is 5.82 Å². The minimum Gasteiger partial charge on any atom is -0.488 e. The summed E-state index contributed by atoms with van der Waals surface area (Å²) in [7, 11) is 5.41. The highest BCUT2D eigenvalue weighted by atomic mass is 35.5. The van der Waals surface area contributed by atoms with Gasteiger partial charge in [0.2, 0.25) is 0 Å². The van der Waals surface area contributed by atoms with E-state index in [0.29, 0.717) is 34.3 Å². The van der Waals surface area contributed by atoms with Crippen LogP contribution in [0.15, 0.2) is 79.0 Å². The van der Waals surface area contributed by atoms with Crippen molar-refractivity contribution in [3.8, 4) is 5.75 Å². The molecular formula is C25H24ClFN2O2. The maximum atomic E-state index is 14.4. The van der Waals surface area contributed by atoms with E-state index in [-0.39, 0.29) is 5.78 Å². The first-order chi connectivity index (χ1) is 14.8. The van der Waals surface area contributed by atoms with Gasteiger partial charge in [0.05, 0.1) is 11.3 Å². The number of anilines is 2. The standard InChI is InChI=1S/C25H24ClFN2O2/c1-28(2)14-13-24(30)21-16-20(29(3)23-11-9-19(26)15-22(23)27)10-12-25(21)31-17-18-7-5-4-6-8-18/h4-16H,17H2,1-3H3/b14-13+. The van der Waals surface area contributed by atoms with Gasteiger partial charge in [-0.15, -0.1) is 0 Å². The van der Waals surface area contributed by atoms with E-state index >= 15 is 0 Å². The van der Waals surface area contributed by atoms with Gasteiger partial charge in [0.15, 0.2) is 5.78 Å². The average molecular weight is 439 g/mol. The van der Waals surface area contributed by atoms with Gasteiger partial charge in [-0.2, -0.15) is 0 Å². The SMILES string of the molecule is CN(C)/C=C/C(=O)c1cc(N(C)c2ccc(Cl)cc2F)ccc1OCc1ccccc1. The van der Waals surface area contributed by atoms with E-state index in [9.17, 15) is 9.18 Å². The van der Waals surface area contributed by atoms with Gasteiger partial charge in [0.25, 0.3) is 0 Å². The molecule has 0 aromatic heterocycles. The molecule has 0 N–H and O–H groups in total. The number of ketones is 1. The summed E-state index contributed by atoms with van der Waals surface area (Å²) in [5.41, 5.74) is 2.39. The topological polar surface area (TPSA) is 32.8 Å². The lowest BCUT2D eigenvalue weighted by Gasteiger charge is -2.22. The molecule has 0 saturated carbocycles. The van der Waals surface area contributed by atoms with Crippen LogP contribution in [0.4, 0.5) is 15.8 Å². The Morgan fingerprint density at radius 1 is 1.03 bits per heavy atom. The molecule has 6 heteroatoms. The predicted octanol–water partition coefficient (Wildman–Crippen LogP) is 6.08. The predicted molar refractivity (Wildman–Crippen MR) is 124 cm³/mol.